The summed E-state index contributed by atoms with van der Waals surface area (Å²) in [5.41, 5.74) is 1.61. The van der Waals surface area contributed by atoms with E-state index < -0.39 is 11.6 Å². The van der Waals surface area contributed by atoms with Crippen molar-refractivity contribution in [1.82, 2.24) is 4.90 Å². The predicted molar refractivity (Wildman–Crippen MR) is 115 cm³/mol. The monoisotopic (exact) mass is 397 g/mol. The third kappa shape index (κ3) is 4.29. The summed E-state index contributed by atoms with van der Waals surface area (Å²) >= 11 is 0. The van der Waals surface area contributed by atoms with E-state index in [-0.39, 0.29) is 5.92 Å². The quantitative estimate of drug-likeness (QED) is 0.647. The molecule has 1 aliphatic heterocycles. The van der Waals surface area contributed by atoms with E-state index in [1.165, 1.54) is 25.7 Å². The van der Waals surface area contributed by atoms with Crippen molar-refractivity contribution < 1.29 is 15.0 Å². The topological polar surface area (TPSA) is 60.8 Å². The molecule has 3 aliphatic rings. The van der Waals surface area contributed by atoms with E-state index in [2.05, 4.69) is 11.0 Å². The molecule has 1 aromatic carbocycles. The molecule has 1 heterocycles. The summed E-state index contributed by atoms with van der Waals surface area (Å²) in [6, 6.07) is 7.76. The molecule has 1 aromatic rings. The maximum absolute atomic E-state index is 12.1. The second-order valence-electron chi connectivity index (χ2n) is 9.26. The van der Waals surface area contributed by atoms with Crippen molar-refractivity contribution in [3.63, 3.8) is 0 Å². The Kier molecular flexibility index (Phi) is 6.41. The standard InChI is InChI=1S/C25H35NO3/c27-24(28)25(29,21-10-5-11-21)23-13-4-3-12-22(23)20-14-17-26(18-15-20)16-6-9-19-7-1-2-8-19/h3-4,9,12-13,20-21,29H,1-2,5-8,10-11,14-18H2,(H,27,28). The molecule has 2 saturated carbocycles. The van der Waals surface area contributed by atoms with Gasteiger partial charge in [-0.25, -0.2) is 4.79 Å². The minimum Gasteiger partial charge on any atom is -0.479 e. The number of nitrogens with zero attached hydrogens (tertiary/aromatic N) is 1. The number of hydrogen-bond donors (Lipinski definition) is 2. The van der Waals surface area contributed by atoms with Crippen molar-refractivity contribution in [2.75, 3.05) is 19.6 Å². The first-order valence-electron chi connectivity index (χ1n) is 11.5. The van der Waals surface area contributed by atoms with Gasteiger partial charge >= 0.3 is 5.97 Å². The highest BCUT2D eigenvalue weighted by Crippen LogP contribution is 2.46. The smallest absolute Gasteiger partial charge is 0.340 e. The molecule has 0 bridgehead atoms. The summed E-state index contributed by atoms with van der Waals surface area (Å²) in [5.74, 6) is -0.918. The average molecular weight is 398 g/mol. The summed E-state index contributed by atoms with van der Waals surface area (Å²) in [6.07, 6.45) is 13.6. The van der Waals surface area contributed by atoms with Gasteiger partial charge in [0.2, 0.25) is 0 Å². The van der Waals surface area contributed by atoms with Crippen LogP contribution in [-0.2, 0) is 10.4 Å². The zero-order chi connectivity index (χ0) is 20.3. The van der Waals surface area contributed by atoms with Crippen LogP contribution in [0.3, 0.4) is 0 Å². The van der Waals surface area contributed by atoms with Crippen LogP contribution in [-0.4, -0.2) is 40.7 Å². The molecule has 0 spiro atoms. The summed E-state index contributed by atoms with van der Waals surface area (Å²) in [7, 11) is 0. The van der Waals surface area contributed by atoms with Gasteiger partial charge in [0.15, 0.2) is 5.60 Å². The molecule has 2 N–H and O–H groups in total. The van der Waals surface area contributed by atoms with Crippen LogP contribution in [0.15, 0.2) is 35.9 Å². The first-order valence-corrected chi connectivity index (χ1v) is 11.5. The van der Waals surface area contributed by atoms with Crippen LogP contribution in [0.4, 0.5) is 0 Å². The maximum Gasteiger partial charge on any atom is 0.340 e. The van der Waals surface area contributed by atoms with Crippen molar-refractivity contribution >= 4 is 5.97 Å². The van der Waals surface area contributed by atoms with Gasteiger partial charge in [-0.2, -0.15) is 0 Å². The predicted octanol–water partition coefficient (Wildman–Crippen LogP) is 4.83. The SMILES string of the molecule is O=C(O)C(O)(c1ccccc1C1CCN(CCC=C2CCCC2)CC1)C1CCC1. The average Bonchev–Trinajstić information content (AvgIpc) is 3.20. The third-order valence-electron chi connectivity index (χ3n) is 7.54. The lowest BCUT2D eigenvalue weighted by Gasteiger charge is -2.41. The Bertz CT molecular complexity index is 738. The lowest BCUT2D eigenvalue weighted by Crippen LogP contribution is -2.47. The molecule has 2 aliphatic carbocycles. The Balaban J connectivity index is 1.41. The van der Waals surface area contributed by atoms with Crippen LogP contribution in [0.5, 0.6) is 0 Å². The number of allylic oxidation sites excluding steroid dienone is 1. The fourth-order valence-electron chi connectivity index (χ4n) is 5.49. The fourth-order valence-corrected chi connectivity index (χ4v) is 5.49. The van der Waals surface area contributed by atoms with Crippen LogP contribution < -0.4 is 0 Å². The molecule has 1 unspecified atom stereocenters. The van der Waals surface area contributed by atoms with E-state index in [9.17, 15) is 15.0 Å². The number of rotatable bonds is 7. The Morgan fingerprint density at radius 3 is 2.38 bits per heavy atom. The second-order valence-corrected chi connectivity index (χ2v) is 9.26. The molecule has 0 amide bonds. The molecule has 4 heteroatoms. The molecule has 29 heavy (non-hydrogen) atoms. The number of aliphatic carboxylic acids is 1. The van der Waals surface area contributed by atoms with E-state index in [0.717, 1.165) is 63.7 Å². The maximum atomic E-state index is 12.1. The molecule has 158 valence electrons. The minimum absolute atomic E-state index is 0.162. The first-order chi connectivity index (χ1) is 14.1. The van der Waals surface area contributed by atoms with Crippen LogP contribution >= 0.6 is 0 Å². The minimum atomic E-state index is -1.74. The highest BCUT2D eigenvalue weighted by atomic mass is 16.4. The van der Waals surface area contributed by atoms with Gasteiger partial charge in [0, 0.05) is 12.5 Å². The van der Waals surface area contributed by atoms with Crippen LogP contribution in [0, 0.1) is 5.92 Å². The molecule has 0 aromatic heterocycles. The molecule has 4 nitrogen and oxygen atoms in total. The lowest BCUT2D eigenvalue weighted by atomic mass is 9.67. The van der Waals surface area contributed by atoms with E-state index in [4.69, 9.17) is 0 Å². The normalized spacial score (nSPS) is 23.6. The largest absolute Gasteiger partial charge is 0.479 e. The molecular weight excluding hydrogens is 362 g/mol. The molecule has 0 radical (unpaired) electrons. The van der Waals surface area contributed by atoms with Gasteiger partial charge in [-0.3, -0.25) is 0 Å². The number of carboxylic acid groups (broad SMARTS) is 1. The summed E-state index contributed by atoms with van der Waals surface area (Å²) < 4.78 is 0. The lowest BCUT2D eigenvalue weighted by molar-refractivity contribution is -0.171. The Morgan fingerprint density at radius 1 is 1.07 bits per heavy atom. The van der Waals surface area contributed by atoms with Crippen LogP contribution in [0.25, 0.3) is 0 Å². The first kappa shape index (κ1) is 20.6. The van der Waals surface area contributed by atoms with E-state index in [0.29, 0.717) is 11.5 Å². The second kappa shape index (κ2) is 9.01. The Morgan fingerprint density at radius 2 is 1.76 bits per heavy atom. The zero-order valence-corrected chi connectivity index (χ0v) is 17.5. The number of likely N-dealkylation sites (tertiary alicyclic amines) is 1. The van der Waals surface area contributed by atoms with Gasteiger partial charge in [-0.15, -0.1) is 0 Å². The third-order valence-corrected chi connectivity index (χ3v) is 7.54. The number of carbonyl (C=O) groups is 1. The molecule has 1 atom stereocenters. The van der Waals surface area contributed by atoms with E-state index in [1.54, 1.807) is 5.57 Å². The molecule has 3 fully saturated rings. The molecular formula is C25H35NO3. The van der Waals surface area contributed by atoms with Crippen molar-refractivity contribution in [2.45, 2.75) is 75.7 Å². The highest BCUT2D eigenvalue weighted by molar-refractivity contribution is 5.80. The van der Waals surface area contributed by atoms with Crippen molar-refractivity contribution in [2.24, 2.45) is 5.92 Å². The molecule has 4 rings (SSSR count). The Hall–Kier alpha value is -1.65. The Labute approximate surface area is 174 Å². The van der Waals surface area contributed by atoms with Gasteiger partial charge in [0.05, 0.1) is 0 Å². The number of aliphatic hydroxyl groups is 1. The van der Waals surface area contributed by atoms with Gasteiger partial charge in [-0.1, -0.05) is 42.3 Å². The van der Waals surface area contributed by atoms with E-state index >= 15 is 0 Å². The number of piperidine rings is 1. The fraction of sp³-hybridized carbons (Fsp3) is 0.640. The van der Waals surface area contributed by atoms with Crippen molar-refractivity contribution in [3.8, 4) is 0 Å². The van der Waals surface area contributed by atoms with Crippen LogP contribution in [0.1, 0.15) is 81.3 Å². The van der Waals surface area contributed by atoms with Crippen molar-refractivity contribution in [1.29, 1.82) is 0 Å². The van der Waals surface area contributed by atoms with Gasteiger partial charge in [0.25, 0.3) is 0 Å². The van der Waals surface area contributed by atoms with E-state index in [1.807, 2.05) is 24.3 Å². The summed E-state index contributed by atoms with van der Waals surface area (Å²) in [4.78, 5) is 14.6. The highest BCUT2D eigenvalue weighted by Gasteiger charge is 2.49. The van der Waals surface area contributed by atoms with Gasteiger partial charge in [0.1, 0.15) is 0 Å². The van der Waals surface area contributed by atoms with Gasteiger partial charge < -0.3 is 15.1 Å². The van der Waals surface area contributed by atoms with Crippen molar-refractivity contribution in [3.05, 3.63) is 47.0 Å². The summed E-state index contributed by atoms with van der Waals surface area (Å²) in [5, 5.41) is 21.2. The van der Waals surface area contributed by atoms with Crippen LogP contribution in [0.2, 0.25) is 0 Å². The number of carboxylic acids is 1. The molecule has 1 saturated heterocycles. The number of benzene rings is 1. The summed E-state index contributed by atoms with van der Waals surface area (Å²) in [6.45, 7) is 3.23. The zero-order valence-electron chi connectivity index (χ0n) is 17.5. The van der Waals surface area contributed by atoms with Gasteiger partial charge in [-0.05, 0) is 87.9 Å². The number of hydrogen-bond acceptors (Lipinski definition) is 3.